The van der Waals surface area contributed by atoms with Crippen molar-refractivity contribution in [2.24, 2.45) is 7.05 Å². The summed E-state index contributed by atoms with van der Waals surface area (Å²) < 4.78 is 8.50. The molecule has 0 aromatic carbocycles. The van der Waals surface area contributed by atoms with Crippen molar-refractivity contribution in [2.45, 2.75) is 64.5 Å². The molecule has 4 aromatic rings. The van der Waals surface area contributed by atoms with Crippen LogP contribution in [0, 0.1) is 0 Å². The first-order valence-electron chi connectivity index (χ1n) is 12.4. The van der Waals surface area contributed by atoms with E-state index >= 15 is 0 Å². The second-order valence-electron chi connectivity index (χ2n) is 7.05. The number of nitrogens with two attached hydrogens (primary N) is 1. The molecule has 4 heterocycles. The number of hydrogen-bond donors (Lipinski definition) is 1. The summed E-state index contributed by atoms with van der Waals surface area (Å²) in [5.41, 5.74) is 10.5. The van der Waals surface area contributed by atoms with Crippen LogP contribution in [-0.4, -0.2) is 39.0 Å². The monoisotopic (exact) mass is 533 g/mol. The largest absolute Gasteiger partial charge is 0.397 e. The highest BCUT2D eigenvalue weighted by Gasteiger charge is 2.29. The van der Waals surface area contributed by atoms with Crippen molar-refractivity contribution in [3.63, 3.8) is 0 Å². The number of nitrogen functional groups attached to an aromatic ring is 1. The number of anilines is 1. The molecular formula is C26H39N5OS3. The number of hydrogen-bond acceptors (Lipinski definition) is 8. The van der Waals surface area contributed by atoms with Gasteiger partial charge in [-0.15, -0.1) is 34.4 Å². The summed E-state index contributed by atoms with van der Waals surface area (Å²) in [6, 6.07) is 2.11. The predicted octanol–water partition coefficient (Wildman–Crippen LogP) is 8.10. The van der Waals surface area contributed by atoms with E-state index in [-0.39, 0.29) is 0 Å². The molecule has 1 saturated carbocycles. The minimum Gasteiger partial charge on any atom is -0.397 e. The smallest absolute Gasteiger partial charge is 0.141 e. The number of imidazole rings is 1. The van der Waals surface area contributed by atoms with Gasteiger partial charge in [0, 0.05) is 48.4 Å². The van der Waals surface area contributed by atoms with Gasteiger partial charge in [-0.05, 0) is 18.9 Å². The molecule has 192 valence electrons. The highest BCUT2D eigenvalue weighted by molar-refractivity contribution is 8.01. The number of rotatable bonds is 7. The van der Waals surface area contributed by atoms with E-state index in [2.05, 4.69) is 22.7 Å². The zero-order chi connectivity index (χ0) is 26.0. The molecule has 0 aliphatic heterocycles. The lowest BCUT2D eigenvalue weighted by molar-refractivity contribution is 0.218. The third-order valence-electron chi connectivity index (χ3n) is 5.08. The maximum Gasteiger partial charge on any atom is 0.141 e. The van der Waals surface area contributed by atoms with E-state index in [9.17, 15) is 0 Å². The van der Waals surface area contributed by atoms with Crippen LogP contribution in [0.1, 0.15) is 66.1 Å². The van der Waals surface area contributed by atoms with Crippen LogP contribution >= 0.6 is 34.4 Å². The molecule has 5 rings (SSSR count). The third kappa shape index (κ3) is 6.64. The van der Waals surface area contributed by atoms with Gasteiger partial charge in [-0.2, -0.15) is 0 Å². The van der Waals surface area contributed by atoms with Crippen molar-refractivity contribution < 1.29 is 4.74 Å². The van der Waals surface area contributed by atoms with Crippen LogP contribution in [0.4, 0.5) is 5.69 Å². The van der Waals surface area contributed by atoms with Gasteiger partial charge in [0.25, 0.3) is 0 Å². The lowest BCUT2D eigenvalue weighted by atomic mass is 10.1. The zero-order valence-electron chi connectivity index (χ0n) is 22.2. The van der Waals surface area contributed by atoms with Crippen LogP contribution in [-0.2, 0) is 11.8 Å². The van der Waals surface area contributed by atoms with E-state index in [0.717, 1.165) is 53.6 Å². The number of pyridine rings is 1. The molecule has 0 atom stereocenters. The quantitative estimate of drug-likeness (QED) is 0.191. The Bertz CT molecular complexity index is 1160. The fourth-order valence-electron chi connectivity index (χ4n) is 3.48. The first-order chi connectivity index (χ1) is 17.2. The van der Waals surface area contributed by atoms with E-state index in [0.29, 0.717) is 12.5 Å². The molecule has 0 saturated heterocycles. The standard InChI is InChI=1S/C20H21N5OS3.3C2H6/c1-25-14(10-23-17(25)11-3-4-11)12-9-13(18-22-5-7-27-18)24-19-15(12)16(21)20(29-19)28-8-6-26-2;3*1-2/h5,7,9-11H,3-4,6,8,21H2,1-2H3;3*1-2H3. The molecule has 1 aliphatic rings. The van der Waals surface area contributed by atoms with Gasteiger partial charge in [0.05, 0.1) is 28.4 Å². The Hall–Kier alpha value is -1.94. The zero-order valence-corrected chi connectivity index (χ0v) is 24.7. The van der Waals surface area contributed by atoms with Gasteiger partial charge >= 0.3 is 0 Å². The van der Waals surface area contributed by atoms with Crippen LogP contribution in [0.2, 0.25) is 0 Å². The number of methoxy groups -OCH3 is 1. The van der Waals surface area contributed by atoms with Crippen molar-refractivity contribution in [1.29, 1.82) is 0 Å². The van der Waals surface area contributed by atoms with Crippen LogP contribution < -0.4 is 5.73 Å². The molecule has 0 radical (unpaired) electrons. The molecule has 1 aliphatic carbocycles. The molecule has 0 bridgehead atoms. The number of nitrogens with zero attached hydrogens (tertiary/aromatic N) is 4. The van der Waals surface area contributed by atoms with Crippen LogP contribution in [0.3, 0.4) is 0 Å². The SMILES string of the molecule is CC.CC.CC.COCCSc1sc2nc(-c3nccs3)cc(-c3cnc(C4CC4)n3C)c2c1N. The summed E-state index contributed by atoms with van der Waals surface area (Å²) in [6.07, 6.45) is 6.24. The predicted molar refractivity (Wildman–Crippen MR) is 156 cm³/mol. The van der Waals surface area contributed by atoms with E-state index in [1.165, 1.54) is 12.8 Å². The van der Waals surface area contributed by atoms with Gasteiger partial charge in [0.15, 0.2) is 0 Å². The lowest BCUT2D eigenvalue weighted by Crippen LogP contribution is -1.99. The average molecular weight is 534 g/mol. The summed E-state index contributed by atoms with van der Waals surface area (Å²) in [5.74, 6) is 2.61. The minimum absolute atomic E-state index is 0.587. The Morgan fingerprint density at radius 3 is 2.46 bits per heavy atom. The topological polar surface area (TPSA) is 78.9 Å². The van der Waals surface area contributed by atoms with Crippen molar-refractivity contribution in [3.05, 3.63) is 29.7 Å². The Morgan fingerprint density at radius 2 is 1.86 bits per heavy atom. The van der Waals surface area contributed by atoms with E-state index in [4.69, 9.17) is 20.4 Å². The highest BCUT2D eigenvalue weighted by atomic mass is 32.2. The first kappa shape index (κ1) is 29.3. The van der Waals surface area contributed by atoms with Gasteiger partial charge in [-0.1, -0.05) is 41.5 Å². The molecule has 35 heavy (non-hydrogen) atoms. The highest BCUT2D eigenvalue weighted by Crippen LogP contribution is 2.46. The fourth-order valence-corrected chi connectivity index (χ4v) is 6.35. The Balaban J connectivity index is 0.000000671. The molecule has 6 nitrogen and oxygen atoms in total. The number of aromatic nitrogens is 4. The van der Waals surface area contributed by atoms with Crippen molar-refractivity contribution in [1.82, 2.24) is 19.5 Å². The number of thiophene rings is 1. The molecule has 0 unspecified atom stereocenters. The fraction of sp³-hybridized carbons (Fsp3) is 0.500. The second kappa shape index (κ2) is 14.6. The van der Waals surface area contributed by atoms with Gasteiger partial charge in [-0.3, -0.25) is 0 Å². The number of thiazole rings is 1. The van der Waals surface area contributed by atoms with Gasteiger partial charge in [-0.25, -0.2) is 15.0 Å². The molecular weight excluding hydrogens is 495 g/mol. The van der Waals surface area contributed by atoms with E-state index in [1.807, 2.05) is 59.3 Å². The number of fused-ring (bicyclic) bond motifs is 1. The molecule has 0 spiro atoms. The van der Waals surface area contributed by atoms with E-state index in [1.54, 1.807) is 41.5 Å². The summed E-state index contributed by atoms with van der Waals surface area (Å²) in [4.78, 5) is 15.0. The van der Waals surface area contributed by atoms with Crippen LogP contribution in [0.15, 0.2) is 28.0 Å². The Labute approximate surface area is 222 Å². The normalized spacial score (nSPS) is 12.2. The lowest BCUT2D eigenvalue weighted by Gasteiger charge is -2.09. The number of thioether (sulfide) groups is 1. The van der Waals surface area contributed by atoms with Gasteiger partial charge < -0.3 is 15.0 Å². The summed E-state index contributed by atoms with van der Waals surface area (Å²) in [5, 5.41) is 3.91. The minimum atomic E-state index is 0.587. The Kier molecular flexibility index (Phi) is 12.2. The molecule has 0 amide bonds. The Morgan fingerprint density at radius 1 is 1.14 bits per heavy atom. The van der Waals surface area contributed by atoms with Crippen LogP contribution in [0.5, 0.6) is 0 Å². The maximum atomic E-state index is 6.62. The van der Waals surface area contributed by atoms with Crippen molar-refractivity contribution in [3.8, 4) is 22.0 Å². The molecule has 9 heteroatoms. The molecule has 4 aromatic heterocycles. The van der Waals surface area contributed by atoms with Crippen LogP contribution in [0.25, 0.3) is 32.2 Å². The third-order valence-corrected chi connectivity index (χ3v) is 8.23. The second-order valence-corrected chi connectivity index (χ2v) is 10.3. The maximum absolute atomic E-state index is 6.62. The summed E-state index contributed by atoms with van der Waals surface area (Å²) >= 11 is 4.96. The van der Waals surface area contributed by atoms with Crippen molar-refractivity contribution >= 4 is 50.3 Å². The van der Waals surface area contributed by atoms with E-state index < -0.39 is 0 Å². The summed E-state index contributed by atoms with van der Waals surface area (Å²) in [6.45, 7) is 12.7. The summed E-state index contributed by atoms with van der Waals surface area (Å²) in [7, 11) is 3.82. The van der Waals surface area contributed by atoms with Crippen molar-refractivity contribution in [2.75, 3.05) is 25.2 Å². The first-order valence-corrected chi connectivity index (χ1v) is 15.1. The molecule has 1 fully saturated rings. The number of ether oxygens (including phenoxy) is 1. The average Bonchev–Trinajstić information content (AvgIpc) is 3.30. The molecule has 2 N–H and O–H groups in total. The van der Waals surface area contributed by atoms with Gasteiger partial charge in [0.1, 0.15) is 21.4 Å². The van der Waals surface area contributed by atoms with Gasteiger partial charge in [0.2, 0.25) is 0 Å².